The predicted octanol–water partition coefficient (Wildman–Crippen LogP) is 1.01. The van der Waals surface area contributed by atoms with Crippen LogP contribution in [0.15, 0.2) is 33.5 Å². The molecule has 0 saturated carbocycles. The van der Waals surface area contributed by atoms with E-state index in [-0.39, 0.29) is 23.6 Å². The Hall–Kier alpha value is -2.34. The fourth-order valence-electron chi connectivity index (χ4n) is 1.59. The first-order chi connectivity index (χ1) is 9.10. The first-order valence-electron chi connectivity index (χ1n) is 5.78. The third-order valence-electron chi connectivity index (χ3n) is 2.43. The van der Waals surface area contributed by atoms with E-state index in [2.05, 4.69) is 5.32 Å². The summed E-state index contributed by atoms with van der Waals surface area (Å²) in [5.41, 5.74) is -0.483. The van der Waals surface area contributed by atoms with Gasteiger partial charge in [0.05, 0.1) is 18.0 Å². The third-order valence-corrected chi connectivity index (χ3v) is 2.43. The number of carbonyl (C=O) groups excluding carboxylic acids is 1. The second kappa shape index (κ2) is 5.53. The molecule has 0 radical (unpaired) electrons. The van der Waals surface area contributed by atoms with Crippen LogP contribution in [0.4, 0.5) is 0 Å². The molecule has 0 bridgehead atoms. The van der Waals surface area contributed by atoms with Crippen LogP contribution >= 0.6 is 0 Å². The number of hydrogen-bond acceptors (Lipinski definition) is 6. The van der Waals surface area contributed by atoms with Gasteiger partial charge in [-0.05, 0) is 18.7 Å². The lowest BCUT2D eigenvalue weighted by atomic mass is 10.2. The Bertz CT molecular complexity index is 662. The van der Waals surface area contributed by atoms with Crippen LogP contribution < -0.4 is 15.7 Å². The van der Waals surface area contributed by atoms with Crippen LogP contribution in [0.1, 0.15) is 6.92 Å². The SMILES string of the molecule is CCNCC(=O)Oc1cc(=O)oc2cc(O)ccc12. The summed E-state index contributed by atoms with van der Waals surface area (Å²) in [5, 5.41) is 12.6. The molecule has 2 N–H and O–H groups in total. The lowest BCUT2D eigenvalue weighted by Crippen LogP contribution is -2.26. The van der Waals surface area contributed by atoms with Crippen LogP contribution in [-0.4, -0.2) is 24.2 Å². The molecule has 6 nitrogen and oxygen atoms in total. The highest BCUT2D eigenvalue weighted by Crippen LogP contribution is 2.26. The van der Waals surface area contributed by atoms with Gasteiger partial charge in [-0.2, -0.15) is 0 Å². The zero-order valence-corrected chi connectivity index (χ0v) is 10.3. The van der Waals surface area contributed by atoms with Gasteiger partial charge >= 0.3 is 11.6 Å². The van der Waals surface area contributed by atoms with Gasteiger partial charge in [0.2, 0.25) is 0 Å². The maximum absolute atomic E-state index is 11.5. The molecule has 0 aliphatic rings. The monoisotopic (exact) mass is 263 g/mol. The predicted molar refractivity (Wildman–Crippen MR) is 68.3 cm³/mol. The van der Waals surface area contributed by atoms with Crippen molar-refractivity contribution in [2.24, 2.45) is 0 Å². The summed E-state index contributed by atoms with van der Waals surface area (Å²) in [6.45, 7) is 2.56. The number of carbonyl (C=O) groups is 1. The van der Waals surface area contributed by atoms with Crippen molar-refractivity contribution in [3.8, 4) is 11.5 Å². The molecular formula is C13H13NO5. The van der Waals surface area contributed by atoms with Gasteiger partial charge in [-0.25, -0.2) is 4.79 Å². The topological polar surface area (TPSA) is 88.8 Å². The smallest absolute Gasteiger partial charge is 0.339 e. The lowest BCUT2D eigenvalue weighted by Gasteiger charge is -2.07. The highest BCUT2D eigenvalue weighted by atomic mass is 16.5. The summed E-state index contributed by atoms with van der Waals surface area (Å²) in [6, 6.07) is 5.33. The second-order valence-corrected chi connectivity index (χ2v) is 3.86. The van der Waals surface area contributed by atoms with E-state index in [1.807, 2.05) is 6.92 Å². The number of phenols is 1. The van der Waals surface area contributed by atoms with Crippen LogP contribution in [-0.2, 0) is 4.79 Å². The van der Waals surface area contributed by atoms with Crippen LogP contribution in [0.3, 0.4) is 0 Å². The summed E-state index contributed by atoms with van der Waals surface area (Å²) in [7, 11) is 0. The largest absolute Gasteiger partial charge is 0.508 e. The molecule has 0 fully saturated rings. The van der Waals surface area contributed by atoms with Crippen molar-refractivity contribution in [3.05, 3.63) is 34.7 Å². The van der Waals surface area contributed by atoms with Gasteiger partial charge in [0.25, 0.3) is 0 Å². The highest BCUT2D eigenvalue weighted by molar-refractivity contribution is 5.87. The van der Waals surface area contributed by atoms with E-state index < -0.39 is 11.6 Å². The van der Waals surface area contributed by atoms with Crippen molar-refractivity contribution in [3.63, 3.8) is 0 Å². The van der Waals surface area contributed by atoms with E-state index in [1.54, 1.807) is 0 Å². The average Bonchev–Trinajstić information content (AvgIpc) is 2.35. The fraction of sp³-hybridized carbons (Fsp3) is 0.231. The van der Waals surface area contributed by atoms with E-state index >= 15 is 0 Å². The number of benzene rings is 1. The first-order valence-corrected chi connectivity index (χ1v) is 5.78. The summed E-state index contributed by atoms with van der Waals surface area (Å²) >= 11 is 0. The molecule has 1 aromatic heterocycles. The zero-order chi connectivity index (χ0) is 13.8. The maximum atomic E-state index is 11.5. The van der Waals surface area contributed by atoms with Gasteiger partial charge in [0.1, 0.15) is 17.1 Å². The van der Waals surface area contributed by atoms with E-state index in [4.69, 9.17) is 9.15 Å². The Balaban J connectivity index is 2.37. The average molecular weight is 263 g/mol. The van der Waals surface area contributed by atoms with Crippen molar-refractivity contribution in [1.29, 1.82) is 0 Å². The van der Waals surface area contributed by atoms with E-state index in [0.29, 0.717) is 11.9 Å². The second-order valence-electron chi connectivity index (χ2n) is 3.86. The molecule has 0 saturated heterocycles. The third kappa shape index (κ3) is 3.11. The molecule has 6 heteroatoms. The van der Waals surface area contributed by atoms with Gasteiger partial charge in [-0.3, -0.25) is 4.79 Å². The number of hydrogen-bond donors (Lipinski definition) is 2. The van der Waals surface area contributed by atoms with Crippen LogP contribution in [0.25, 0.3) is 11.0 Å². The van der Waals surface area contributed by atoms with Crippen molar-refractivity contribution >= 4 is 16.9 Å². The Labute approximate surface area is 108 Å². The minimum Gasteiger partial charge on any atom is -0.508 e. The molecule has 19 heavy (non-hydrogen) atoms. The first kappa shape index (κ1) is 13.1. The number of ether oxygens (including phenoxy) is 1. The molecule has 2 rings (SSSR count). The molecule has 0 spiro atoms. The molecule has 100 valence electrons. The summed E-state index contributed by atoms with van der Waals surface area (Å²) in [4.78, 5) is 22.9. The Kier molecular flexibility index (Phi) is 3.82. The molecule has 0 aliphatic carbocycles. The van der Waals surface area contributed by atoms with Crippen molar-refractivity contribution in [1.82, 2.24) is 5.32 Å². The number of rotatable bonds is 4. The molecule has 2 aromatic rings. The van der Waals surface area contributed by atoms with Crippen LogP contribution in [0, 0.1) is 0 Å². The number of aromatic hydroxyl groups is 1. The Morgan fingerprint density at radius 2 is 2.21 bits per heavy atom. The summed E-state index contributed by atoms with van der Waals surface area (Å²) < 4.78 is 10.0. The zero-order valence-electron chi connectivity index (χ0n) is 10.3. The van der Waals surface area contributed by atoms with Crippen LogP contribution in [0.5, 0.6) is 11.5 Å². The van der Waals surface area contributed by atoms with Crippen molar-refractivity contribution in [2.75, 3.05) is 13.1 Å². The maximum Gasteiger partial charge on any atom is 0.339 e. The van der Waals surface area contributed by atoms with E-state index in [0.717, 1.165) is 6.07 Å². The fourth-order valence-corrected chi connectivity index (χ4v) is 1.59. The highest BCUT2D eigenvalue weighted by Gasteiger charge is 2.11. The quantitative estimate of drug-likeness (QED) is 0.632. The number of nitrogens with one attached hydrogen (secondary N) is 1. The van der Waals surface area contributed by atoms with Gasteiger partial charge in [-0.15, -0.1) is 0 Å². The molecular weight excluding hydrogens is 250 g/mol. The lowest BCUT2D eigenvalue weighted by molar-refractivity contribution is -0.133. The Morgan fingerprint density at radius 3 is 2.95 bits per heavy atom. The van der Waals surface area contributed by atoms with Crippen molar-refractivity contribution < 1.29 is 19.1 Å². The molecule has 0 aliphatic heterocycles. The molecule has 1 heterocycles. The van der Waals surface area contributed by atoms with Gasteiger partial charge in [-0.1, -0.05) is 6.92 Å². The van der Waals surface area contributed by atoms with Gasteiger partial charge < -0.3 is 19.6 Å². The molecule has 1 aromatic carbocycles. The minimum atomic E-state index is -0.649. The van der Waals surface area contributed by atoms with Crippen molar-refractivity contribution in [2.45, 2.75) is 6.92 Å². The van der Waals surface area contributed by atoms with Gasteiger partial charge in [0.15, 0.2) is 0 Å². The standard InChI is InChI=1S/C13H13NO5/c1-2-14-7-13(17)19-11-6-12(16)18-10-5-8(15)3-4-9(10)11/h3-6,14-15H,2,7H2,1H3. The summed E-state index contributed by atoms with van der Waals surface area (Å²) in [6.07, 6.45) is 0. The van der Waals surface area contributed by atoms with E-state index in [1.165, 1.54) is 18.2 Å². The number of esters is 1. The summed E-state index contributed by atoms with van der Waals surface area (Å²) in [5.74, 6) is -0.414. The molecule has 0 unspecified atom stereocenters. The number of phenolic OH excluding ortho intramolecular Hbond substituents is 1. The Morgan fingerprint density at radius 1 is 1.42 bits per heavy atom. The number of fused-ring (bicyclic) bond motifs is 1. The molecule has 0 amide bonds. The van der Waals surface area contributed by atoms with E-state index in [9.17, 15) is 14.7 Å². The minimum absolute atomic E-state index is 0.0354. The normalized spacial score (nSPS) is 10.6. The van der Waals surface area contributed by atoms with Gasteiger partial charge in [0, 0.05) is 6.07 Å². The molecule has 0 atom stereocenters. The van der Waals surface area contributed by atoms with Crippen LogP contribution in [0.2, 0.25) is 0 Å². The number of likely N-dealkylation sites (N-methyl/N-ethyl adjacent to an activating group) is 1.